The summed E-state index contributed by atoms with van der Waals surface area (Å²) in [6.45, 7) is 3.78. The van der Waals surface area contributed by atoms with Crippen LogP contribution in [0.4, 0.5) is 0 Å². The highest BCUT2D eigenvalue weighted by Crippen LogP contribution is 2.18. The number of nitrogens with two attached hydrogens (primary N) is 1. The molecule has 3 nitrogen and oxygen atoms in total. The number of hydrogen-bond acceptors (Lipinski definition) is 2. The van der Waals surface area contributed by atoms with Gasteiger partial charge in [0, 0.05) is 24.7 Å². The Morgan fingerprint density at radius 3 is 2.94 bits per heavy atom. The van der Waals surface area contributed by atoms with Crippen molar-refractivity contribution in [2.24, 2.45) is 5.73 Å². The van der Waals surface area contributed by atoms with E-state index in [-0.39, 0.29) is 11.9 Å². The molecule has 2 N–H and O–H groups in total. The maximum absolute atomic E-state index is 12.3. The third-order valence-electron chi connectivity index (χ3n) is 3.71. The fourth-order valence-corrected chi connectivity index (χ4v) is 2.44. The van der Waals surface area contributed by atoms with Gasteiger partial charge >= 0.3 is 0 Å². The van der Waals surface area contributed by atoms with E-state index >= 15 is 0 Å². The summed E-state index contributed by atoms with van der Waals surface area (Å²) in [5, 5.41) is 0. The Balaban J connectivity index is 1.91. The standard InChI is InChI=1S/C15H22N2O/c1-2-13(16)7-5-10-17-11-9-12-6-3-4-8-14(12)15(17)18/h3-4,6,8,13H,2,5,7,9-11,16H2,1H3. The van der Waals surface area contributed by atoms with Crippen molar-refractivity contribution in [1.82, 2.24) is 4.90 Å². The van der Waals surface area contributed by atoms with Crippen LogP contribution in [-0.2, 0) is 6.42 Å². The minimum Gasteiger partial charge on any atom is -0.338 e. The largest absolute Gasteiger partial charge is 0.338 e. The zero-order valence-electron chi connectivity index (χ0n) is 11.1. The van der Waals surface area contributed by atoms with Crippen molar-refractivity contribution < 1.29 is 4.79 Å². The van der Waals surface area contributed by atoms with E-state index in [1.165, 1.54) is 5.56 Å². The number of nitrogens with zero attached hydrogens (tertiary/aromatic N) is 1. The number of rotatable bonds is 5. The van der Waals surface area contributed by atoms with Gasteiger partial charge in [-0.25, -0.2) is 0 Å². The first-order valence-corrected chi connectivity index (χ1v) is 6.85. The van der Waals surface area contributed by atoms with Crippen molar-refractivity contribution in [2.75, 3.05) is 13.1 Å². The van der Waals surface area contributed by atoms with Crippen LogP contribution in [0.2, 0.25) is 0 Å². The summed E-state index contributed by atoms with van der Waals surface area (Å²) >= 11 is 0. The molecule has 3 heteroatoms. The summed E-state index contributed by atoms with van der Waals surface area (Å²) < 4.78 is 0. The Bertz CT molecular complexity index is 417. The molecule has 1 heterocycles. The quantitative estimate of drug-likeness (QED) is 0.865. The maximum Gasteiger partial charge on any atom is 0.254 e. The summed E-state index contributed by atoms with van der Waals surface area (Å²) in [5.74, 6) is 0.182. The second-order valence-electron chi connectivity index (χ2n) is 5.01. The molecule has 1 aliphatic rings. The second-order valence-corrected chi connectivity index (χ2v) is 5.01. The third-order valence-corrected chi connectivity index (χ3v) is 3.71. The van der Waals surface area contributed by atoms with Gasteiger partial charge in [-0.3, -0.25) is 4.79 Å². The molecular weight excluding hydrogens is 224 g/mol. The van der Waals surface area contributed by atoms with Gasteiger partial charge in [0.1, 0.15) is 0 Å². The molecule has 1 amide bonds. The average Bonchev–Trinajstić information content (AvgIpc) is 2.41. The monoisotopic (exact) mass is 246 g/mol. The van der Waals surface area contributed by atoms with E-state index in [9.17, 15) is 4.79 Å². The Labute approximate surface area is 109 Å². The Morgan fingerprint density at radius 2 is 2.17 bits per heavy atom. The van der Waals surface area contributed by atoms with Crippen LogP contribution in [0.25, 0.3) is 0 Å². The lowest BCUT2D eigenvalue weighted by molar-refractivity contribution is 0.0736. The van der Waals surface area contributed by atoms with Crippen LogP contribution in [0.5, 0.6) is 0 Å². The molecule has 2 rings (SSSR count). The summed E-state index contributed by atoms with van der Waals surface area (Å²) in [6, 6.07) is 8.20. The van der Waals surface area contributed by atoms with Gasteiger partial charge in [-0.15, -0.1) is 0 Å². The van der Waals surface area contributed by atoms with E-state index in [4.69, 9.17) is 5.73 Å². The second kappa shape index (κ2) is 6.01. The molecule has 0 aliphatic carbocycles. The minimum atomic E-state index is 0.182. The summed E-state index contributed by atoms with van der Waals surface area (Å²) in [4.78, 5) is 14.2. The molecule has 1 aliphatic heterocycles. The van der Waals surface area contributed by atoms with Crippen LogP contribution in [0, 0.1) is 0 Å². The normalized spacial score (nSPS) is 16.6. The van der Waals surface area contributed by atoms with Crippen LogP contribution < -0.4 is 5.73 Å². The molecule has 1 aromatic carbocycles. The zero-order chi connectivity index (χ0) is 13.0. The fourth-order valence-electron chi connectivity index (χ4n) is 2.44. The molecule has 0 saturated carbocycles. The lowest BCUT2D eigenvalue weighted by Gasteiger charge is -2.28. The Morgan fingerprint density at radius 1 is 1.39 bits per heavy atom. The highest BCUT2D eigenvalue weighted by atomic mass is 16.2. The number of amides is 1. The van der Waals surface area contributed by atoms with Crippen molar-refractivity contribution in [3.63, 3.8) is 0 Å². The summed E-state index contributed by atoms with van der Waals surface area (Å²) in [6.07, 6.45) is 3.99. The number of hydrogen-bond donors (Lipinski definition) is 1. The molecule has 18 heavy (non-hydrogen) atoms. The van der Waals surface area contributed by atoms with Gasteiger partial charge in [0.2, 0.25) is 0 Å². The molecule has 0 spiro atoms. The van der Waals surface area contributed by atoms with E-state index in [2.05, 4.69) is 13.0 Å². The van der Waals surface area contributed by atoms with Gasteiger partial charge in [-0.1, -0.05) is 25.1 Å². The average molecular weight is 246 g/mol. The predicted molar refractivity (Wildman–Crippen MR) is 73.5 cm³/mol. The highest BCUT2D eigenvalue weighted by Gasteiger charge is 2.23. The Kier molecular flexibility index (Phi) is 4.37. The first-order valence-electron chi connectivity index (χ1n) is 6.85. The number of fused-ring (bicyclic) bond motifs is 1. The van der Waals surface area contributed by atoms with E-state index < -0.39 is 0 Å². The minimum absolute atomic E-state index is 0.182. The molecule has 1 unspecified atom stereocenters. The molecule has 1 atom stereocenters. The van der Waals surface area contributed by atoms with E-state index in [0.29, 0.717) is 0 Å². The van der Waals surface area contributed by atoms with Crippen molar-refractivity contribution in [1.29, 1.82) is 0 Å². The van der Waals surface area contributed by atoms with Gasteiger partial charge in [-0.05, 0) is 37.3 Å². The topological polar surface area (TPSA) is 46.3 Å². The van der Waals surface area contributed by atoms with Crippen LogP contribution in [0.15, 0.2) is 24.3 Å². The SMILES string of the molecule is CCC(N)CCCN1CCc2ccccc2C1=O. The van der Waals surface area contributed by atoms with Crippen LogP contribution >= 0.6 is 0 Å². The molecule has 0 saturated heterocycles. The van der Waals surface area contributed by atoms with Crippen LogP contribution in [0.1, 0.15) is 42.1 Å². The van der Waals surface area contributed by atoms with Crippen molar-refractivity contribution in [3.8, 4) is 0 Å². The van der Waals surface area contributed by atoms with Gasteiger partial charge in [0.25, 0.3) is 5.91 Å². The highest BCUT2D eigenvalue weighted by molar-refractivity contribution is 5.96. The number of carbonyl (C=O) groups is 1. The van der Waals surface area contributed by atoms with Crippen LogP contribution in [0.3, 0.4) is 0 Å². The summed E-state index contributed by atoms with van der Waals surface area (Å²) in [7, 11) is 0. The Hall–Kier alpha value is -1.35. The molecular formula is C15H22N2O. The van der Waals surface area contributed by atoms with Crippen molar-refractivity contribution in [3.05, 3.63) is 35.4 Å². The van der Waals surface area contributed by atoms with Gasteiger partial charge < -0.3 is 10.6 Å². The van der Waals surface area contributed by atoms with Gasteiger partial charge in [0.15, 0.2) is 0 Å². The predicted octanol–water partition coefficient (Wildman–Crippen LogP) is 2.20. The first-order chi connectivity index (χ1) is 8.72. The number of benzene rings is 1. The zero-order valence-corrected chi connectivity index (χ0v) is 11.1. The lowest BCUT2D eigenvalue weighted by atomic mass is 9.99. The number of carbonyl (C=O) groups excluding carboxylic acids is 1. The smallest absolute Gasteiger partial charge is 0.254 e. The molecule has 98 valence electrons. The molecule has 0 radical (unpaired) electrons. The van der Waals surface area contributed by atoms with E-state index in [1.54, 1.807) is 0 Å². The first kappa shape index (κ1) is 13.1. The van der Waals surface area contributed by atoms with E-state index in [1.807, 2.05) is 23.1 Å². The van der Waals surface area contributed by atoms with Gasteiger partial charge in [0.05, 0.1) is 0 Å². The third kappa shape index (κ3) is 2.91. The molecule has 0 fully saturated rings. The fraction of sp³-hybridized carbons (Fsp3) is 0.533. The lowest BCUT2D eigenvalue weighted by Crippen LogP contribution is -2.38. The van der Waals surface area contributed by atoms with Crippen molar-refractivity contribution in [2.45, 2.75) is 38.6 Å². The molecule has 1 aromatic rings. The van der Waals surface area contributed by atoms with E-state index in [0.717, 1.165) is 44.3 Å². The molecule has 0 aromatic heterocycles. The molecule has 0 bridgehead atoms. The summed E-state index contributed by atoms with van der Waals surface area (Å²) in [5.41, 5.74) is 7.96. The van der Waals surface area contributed by atoms with Crippen molar-refractivity contribution >= 4 is 5.91 Å². The van der Waals surface area contributed by atoms with Crippen LogP contribution in [-0.4, -0.2) is 29.9 Å². The van der Waals surface area contributed by atoms with Gasteiger partial charge in [-0.2, -0.15) is 0 Å². The maximum atomic E-state index is 12.3.